The van der Waals surface area contributed by atoms with E-state index in [-0.39, 0.29) is 0 Å². The largest absolute Gasteiger partial charge is 0.311 e. The van der Waals surface area contributed by atoms with Crippen LogP contribution in [0.25, 0.3) is 0 Å². The Bertz CT molecular complexity index is 172. The predicted octanol–water partition coefficient (Wildman–Crippen LogP) is 0.625. The van der Waals surface area contributed by atoms with Crippen LogP contribution in [0.2, 0.25) is 0 Å². The van der Waals surface area contributed by atoms with E-state index in [4.69, 9.17) is 0 Å². The van der Waals surface area contributed by atoms with Gasteiger partial charge in [0.05, 0.1) is 6.54 Å². The van der Waals surface area contributed by atoms with Crippen LogP contribution in [0.3, 0.4) is 0 Å². The molecule has 0 unspecified atom stereocenters. The maximum absolute atomic E-state index is 9.67. The molecule has 0 aromatic carbocycles. The van der Waals surface area contributed by atoms with Gasteiger partial charge in [-0.15, -0.1) is 6.58 Å². The summed E-state index contributed by atoms with van der Waals surface area (Å²) in [7, 11) is -2.24. The van der Waals surface area contributed by atoms with Crippen LogP contribution in [-0.2, 0) is 10.5 Å². The van der Waals surface area contributed by atoms with Gasteiger partial charge >= 0.3 is 10.5 Å². The molecule has 0 rings (SSSR count). The van der Waals surface area contributed by atoms with Gasteiger partial charge in [-0.1, -0.05) is 6.08 Å². The standard InChI is InChI=1S/C4H7NO2S/c1-2-3-4-5-8(6)7/h2H,1,3-4H2. The maximum Gasteiger partial charge on any atom is 0.311 e. The molecule has 0 aromatic rings. The summed E-state index contributed by atoms with van der Waals surface area (Å²) in [6.07, 6.45) is 2.24. The van der Waals surface area contributed by atoms with Crippen LogP contribution in [0.5, 0.6) is 0 Å². The Balaban J connectivity index is 3.46. The van der Waals surface area contributed by atoms with E-state index in [1.165, 1.54) is 0 Å². The summed E-state index contributed by atoms with van der Waals surface area (Å²) in [5.41, 5.74) is 0. The molecule has 0 radical (unpaired) electrons. The Hall–Kier alpha value is -0.640. The zero-order chi connectivity index (χ0) is 6.41. The van der Waals surface area contributed by atoms with Gasteiger partial charge < -0.3 is 0 Å². The van der Waals surface area contributed by atoms with Crippen molar-refractivity contribution < 1.29 is 8.42 Å². The fraction of sp³-hybridized carbons (Fsp3) is 0.500. The molecule has 0 N–H and O–H groups in total. The quantitative estimate of drug-likeness (QED) is 0.418. The van der Waals surface area contributed by atoms with E-state index in [9.17, 15) is 8.42 Å². The number of nitrogens with zero attached hydrogens (tertiary/aromatic N) is 1. The summed E-state index contributed by atoms with van der Waals surface area (Å²) in [5.74, 6) is 0. The molecule has 0 aliphatic rings. The first-order valence-electron chi connectivity index (χ1n) is 2.15. The molecule has 0 spiro atoms. The third-order valence-electron chi connectivity index (χ3n) is 0.530. The Morgan fingerprint density at radius 2 is 2.25 bits per heavy atom. The van der Waals surface area contributed by atoms with Gasteiger partial charge in [-0.05, 0) is 6.42 Å². The van der Waals surface area contributed by atoms with Gasteiger partial charge in [-0.2, -0.15) is 12.8 Å². The van der Waals surface area contributed by atoms with Crippen molar-refractivity contribution in [2.45, 2.75) is 6.42 Å². The summed E-state index contributed by atoms with van der Waals surface area (Å²) in [6.45, 7) is 3.72. The molecule has 0 saturated carbocycles. The zero-order valence-electron chi connectivity index (χ0n) is 4.37. The van der Waals surface area contributed by atoms with Crippen LogP contribution in [0.1, 0.15) is 6.42 Å². The van der Waals surface area contributed by atoms with Crippen LogP contribution in [0.4, 0.5) is 0 Å². The van der Waals surface area contributed by atoms with Crippen LogP contribution < -0.4 is 0 Å². The van der Waals surface area contributed by atoms with Crippen molar-refractivity contribution in [1.29, 1.82) is 0 Å². The lowest BCUT2D eigenvalue weighted by Gasteiger charge is -1.75. The molecule has 0 aliphatic carbocycles. The lowest BCUT2D eigenvalue weighted by molar-refractivity contribution is 0.620. The fourth-order valence-corrected chi connectivity index (χ4v) is 0.473. The van der Waals surface area contributed by atoms with E-state index < -0.39 is 10.5 Å². The van der Waals surface area contributed by atoms with E-state index >= 15 is 0 Å². The van der Waals surface area contributed by atoms with Crippen molar-refractivity contribution in [2.24, 2.45) is 4.36 Å². The van der Waals surface area contributed by atoms with Gasteiger partial charge in [-0.25, -0.2) is 0 Å². The second-order valence-corrected chi connectivity index (χ2v) is 1.84. The molecule has 3 nitrogen and oxygen atoms in total. The molecule has 0 fully saturated rings. The average molecular weight is 133 g/mol. The molecule has 46 valence electrons. The average Bonchev–Trinajstić information content (AvgIpc) is 1.66. The summed E-state index contributed by atoms with van der Waals surface area (Å²) >= 11 is 0. The smallest absolute Gasteiger partial charge is 0.172 e. The second-order valence-electron chi connectivity index (χ2n) is 1.15. The highest BCUT2D eigenvalue weighted by Gasteiger charge is 1.73. The van der Waals surface area contributed by atoms with Gasteiger partial charge in [0.15, 0.2) is 0 Å². The molecular formula is C4H7NO2S. The van der Waals surface area contributed by atoms with Crippen LogP contribution in [-0.4, -0.2) is 15.0 Å². The van der Waals surface area contributed by atoms with Crippen molar-refractivity contribution in [3.05, 3.63) is 12.7 Å². The van der Waals surface area contributed by atoms with Crippen LogP contribution in [0.15, 0.2) is 17.0 Å². The van der Waals surface area contributed by atoms with E-state index in [2.05, 4.69) is 10.9 Å². The minimum absolute atomic E-state index is 0.319. The molecule has 0 aromatic heterocycles. The highest BCUT2D eigenvalue weighted by atomic mass is 32.2. The zero-order valence-corrected chi connectivity index (χ0v) is 5.19. The van der Waals surface area contributed by atoms with Crippen molar-refractivity contribution in [3.8, 4) is 0 Å². The molecule has 0 amide bonds. The third-order valence-corrected chi connectivity index (χ3v) is 0.923. The fourth-order valence-electron chi connectivity index (χ4n) is 0.219. The predicted molar refractivity (Wildman–Crippen MR) is 31.0 cm³/mol. The molecule has 0 atom stereocenters. The molecule has 4 heteroatoms. The lowest BCUT2D eigenvalue weighted by Crippen LogP contribution is -1.72. The summed E-state index contributed by atoms with van der Waals surface area (Å²) in [4.78, 5) is 0. The van der Waals surface area contributed by atoms with Crippen LogP contribution >= 0.6 is 0 Å². The van der Waals surface area contributed by atoms with Gasteiger partial charge in [0.1, 0.15) is 0 Å². The van der Waals surface area contributed by atoms with Gasteiger partial charge in [0, 0.05) is 0 Å². The van der Waals surface area contributed by atoms with Crippen molar-refractivity contribution in [1.82, 2.24) is 0 Å². The first-order chi connectivity index (χ1) is 3.77. The monoisotopic (exact) mass is 133 g/mol. The van der Waals surface area contributed by atoms with Crippen molar-refractivity contribution >= 4 is 10.5 Å². The summed E-state index contributed by atoms with van der Waals surface area (Å²) in [5, 5.41) is 0. The van der Waals surface area contributed by atoms with Gasteiger partial charge in [-0.3, -0.25) is 0 Å². The second kappa shape index (κ2) is 4.52. The SMILES string of the molecule is C=CCCN=S(=O)=O. The van der Waals surface area contributed by atoms with E-state index in [1.54, 1.807) is 6.08 Å². The Morgan fingerprint density at radius 3 is 2.62 bits per heavy atom. The molecule has 0 aliphatic heterocycles. The van der Waals surface area contributed by atoms with E-state index in [1.807, 2.05) is 0 Å². The Kier molecular flexibility index (Phi) is 4.16. The van der Waals surface area contributed by atoms with E-state index in [0.717, 1.165) is 0 Å². The van der Waals surface area contributed by atoms with Gasteiger partial charge in [0.25, 0.3) is 0 Å². The number of hydrogen-bond donors (Lipinski definition) is 0. The lowest BCUT2D eigenvalue weighted by atomic mass is 10.4. The number of hydrogen-bond acceptors (Lipinski definition) is 3. The highest BCUT2D eigenvalue weighted by Crippen LogP contribution is 1.78. The molecule has 0 saturated heterocycles. The maximum atomic E-state index is 9.67. The minimum atomic E-state index is -2.24. The third kappa shape index (κ3) is 5.36. The molecule has 0 bridgehead atoms. The van der Waals surface area contributed by atoms with Crippen molar-refractivity contribution in [3.63, 3.8) is 0 Å². The summed E-state index contributed by atoms with van der Waals surface area (Å²) < 4.78 is 22.5. The topological polar surface area (TPSA) is 46.5 Å². The molecule has 0 heterocycles. The van der Waals surface area contributed by atoms with Crippen LogP contribution in [0, 0.1) is 0 Å². The normalized spacial score (nSPS) is 8.00. The molecular weight excluding hydrogens is 126 g/mol. The minimum Gasteiger partial charge on any atom is -0.172 e. The van der Waals surface area contributed by atoms with Crippen molar-refractivity contribution in [2.75, 3.05) is 6.54 Å². The van der Waals surface area contributed by atoms with E-state index in [0.29, 0.717) is 13.0 Å². The Morgan fingerprint density at radius 1 is 1.62 bits per heavy atom. The highest BCUT2D eigenvalue weighted by molar-refractivity contribution is 7.61. The first kappa shape index (κ1) is 7.36. The number of rotatable bonds is 3. The molecule has 8 heavy (non-hydrogen) atoms. The Labute approximate surface area is 49.7 Å². The first-order valence-corrected chi connectivity index (χ1v) is 3.18. The van der Waals surface area contributed by atoms with Gasteiger partial charge in [0.2, 0.25) is 0 Å². The summed E-state index contributed by atoms with van der Waals surface area (Å²) in [6, 6.07) is 0.